The molecule has 1 rings (SSSR count). The lowest BCUT2D eigenvalue weighted by atomic mass is 10.0. The van der Waals surface area contributed by atoms with Gasteiger partial charge in [0.1, 0.15) is 11.1 Å². The first-order chi connectivity index (χ1) is 12.7. The molecule has 0 heterocycles. The van der Waals surface area contributed by atoms with Gasteiger partial charge in [-0.1, -0.05) is 38.8 Å². The van der Waals surface area contributed by atoms with Crippen molar-refractivity contribution in [3.8, 4) is 0 Å². The highest BCUT2D eigenvalue weighted by atomic mass is 35.5. The average molecular weight is 418 g/mol. The van der Waals surface area contributed by atoms with Crippen LogP contribution in [0.2, 0.25) is 5.02 Å². The van der Waals surface area contributed by atoms with Crippen LogP contribution in [0.15, 0.2) is 17.0 Å². The van der Waals surface area contributed by atoms with Crippen molar-refractivity contribution in [3.63, 3.8) is 0 Å². The van der Waals surface area contributed by atoms with Gasteiger partial charge in [0.25, 0.3) is 0 Å². The summed E-state index contributed by atoms with van der Waals surface area (Å²) >= 11 is 7.42. The van der Waals surface area contributed by atoms with Gasteiger partial charge in [0, 0.05) is 10.8 Å². The molecule has 1 aromatic rings. The second kappa shape index (κ2) is 11.5. The van der Waals surface area contributed by atoms with E-state index in [1.165, 1.54) is 23.9 Å². The molecule has 0 aliphatic rings. The van der Waals surface area contributed by atoms with Crippen molar-refractivity contribution in [1.29, 1.82) is 0 Å². The van der Waals surface area contributed by atoms with Crippen molar-refractivity contribution in [2.75, 3.05) is 5.32 Å². The lowest BCUT2D eigenvalue weighted by molar-refractivity contribution is -0.146. The van der Waals surface area contributed by atoms with Crippen molar-refractivity contribution in [2.45, 2.75) is 76.6 Å². The van der Waals surface area contributed by atoms with E-state index in [0.717, 1.165) is 6.42 Å². The van der Waals surface area contributed by atoms with Gasteiger partial charge in [0.15, 0.2) is 0 Å². The Labute approximate surface area is 170 Å². The number of carbonyl (C=O) groups excluding carboxylic acids is 2. The summed E-state index contributed by atoms with van der Waals surface area (Å²) in [6.45, 7) is 9.40. The fourth-order valence-electron chi connectivity index (χ4n) is 2.56. The van der Waals surface area contributed by atoms with Gasteiger partial charge < -0.3 is 10.1 Å². The van der Waals surface area contributed by atoms with Crippen LogP contribution in [0.1, 0.15) is 60.3 Å². The monoisotopic (exact) mass is 417 g/mol. The summed E-state index contributed by atoms with van der Waals surface area (Å²) in [5.74, 6) is -1.31. The first-order valence-electron chi connectivity index (χ1n) is 9.40. The molecule has 0 fully saturated rings. The third-order valence-corrected chi connectivity index (χ3v) is 5.80. The first kappa shape index (κ1) is 23.8. The SMILES string of the molecule is CCCC(Sc1cc(NC(=O)C(CC)CC)c(F)cc1Cl)C(=O)OC(C)C. The van der Waals surface area contributed by atoms with Crippen LogP contribution in [-0.4, -0.2) is 23.2 Å². The second-order valence-electron chi connectivity index (χ2n) is 6.65. The van der Waals surface area contributed by atoms with E-state index < -0.39 is 11.1 Å². The third kappa shape index (κ3) is 7.34. The molecule has 7 heteroatoms. The minimum absolute atomic E-state index is 0.0753. The van der Waals surface area contributed by atoms with Gasteiger partial charge in [-0.3, -0.25) is 9.59 Å². The van der Waals surface area contributed by atoms with Crippen molar-refractivity contribution < 1.29 is 18.7 Å². The maximum absolute atomic E-state index is 14.3. The van der Waals surface area contributed by atoms with Gasteiger partial charge in [0.05, 0.1) is 16.8 Å². The standard InChI is InChI=1S/C20H29ClFNO3S/c1-6-9-17(20(25)26-12(4)5)27-18-11-16(15(22)10-14(18)21)23-19(24)13(7-2)8-3/h10-13,17H,6-9H2,1-5H3,(H,23,24). The Balaban J connectivity index is 3.06. The molecule has 0 saturated heterocycles. The fraction of sp³-hybridized carbons (Fsp3) is 0.600. The van der Waals surface area contributed by atoms with Gasteiger partial charge >= 0.3 is 5.97 Å². The summed E-state index contributed by atoms with van der Waals surface area (Å²) in [4.78, 5) is 25.2. The number of thioether (sulfide) groups is 1. The van der Waals surface area contributed by atoms with E-state index in [1.807, 2.05) is 20.8 Å². The maximum Gasteiger partial charge on any atom is 0.319 e. The molecule has 0 saturated carbocycles. The number of hydrogen-bond donors (Lipinski definition) is 1. The number of amides is 1. The number of hydrogen-bond acceptors (Lipinski definition) is 4. The van der Waals surface area contributed by atoms with Gasteiger partial charge in [0.2, 0.25) is 5.91 Å². The number of rotatable bonds is 10. The van der Waals surface area contributed by atoms with Gasteiger partial charge in [-0.05, 0) is 45.2 Å². The van der Waals surface area contributed by atoms with E-state index in [2.05, 4.69) is 5.32 Å². The summed E-state index contributed by atoms with van der Waals surface area (Å²) in [5.41, 5.74) is 0.0753. The molecule has 0 aliphatic carbocycles. The molecule has 0 aromatic heterocycles. The quantitative estimate of drug-likeness (QED) is 0.371. The molecule has 1 unspecified atom stereocenters. The Morgan fingerprint density at radius 1 is 1.22 bits per heavy atom. The lowest BCUT2D eigenvalue weighted by Crippen LogP contribution is -2.23. The Hall–Kier alpha value is -1.27. The van der Waals surface area contributed by atoms with Crippen molar-refractivity contribution in [3.05, 3.63) is 23.0 Å². The zero-order chi connectivity index (χ0) is 20.6. The van der Waals surface area contributed by atoms with E-state index in [9.17, 15) is 14.0 Å². The van der Waals surface area contributed by atoms with Crippen LogP contribution in [0.5, 0.6) is 0 Å². The first-order valence-corrected chi connectivity index (χ1v) is 10.7. The van der Waals surface area contributed by atoms with Gasteiger partial charge in [-0.2, -0.15) is 0 Å². The van der Waals surface area contributed by atoms with Gasteiger partial charge in [-0.15, -0.1) is 11.8 Å². The summed E-state index contributed by atoms with van der Waals surface area (Å²) in [7, 11) is 0. The van der Waals surface area contributed by atoms with Crippen LogP contribution in [-0.2, 0) is 14.3 Å². The zero-order valence-corrected chi connectivity index (χ0v) is 18.2. The molecule has 27 heavy (non-hydrogen) atoms. The molecule has 152 valence electrons. The zero-order valence-electron chi connectivity index (χ0n) is 16.6. The van der Waals surface area contributed by atoms with Crippen molar-refractivity contribution >= 4 is 40.9 Å². The highest BCUT2D eigenvalue weighted by molar-refractivity contribution is 8.00. The molecule has 1 aromatic carbocycles. The molecule has 0 radical (unpaired) electrons. The van der Waals surface area contributed by atoms with E-state index in [4.69, 9.17) is 16.3 Å². The molecular weight excluding hydrogens is 389 g/mol. The predicted octanol–water partition coefficient (Wildman–Crippen LogP) is 6.07. The number of ether oxygens (including phenoxy) is 1. The highest BCUT2D eigenvalue weighted by Gasteiger charge is 2.24. The van der Waals surface area contributed by atoms with Crippen molar-refractivity contribution in [2.24, 2.45) is 5.92 Å². The van der Waals surface area contributed by atoms with Crippen LogP contribution in [0.3, 0.4) is 0 Å². The fourth-order valence-corrected chi connectivity index (χ4v) is 4.01. The second-order valence-corrected chi connectivity index (χ2v) is 8.30. The number of benzene rings is 1. The Morgan fingerprint density at radius 2 is 1.85 bits per heavy atom. The summed E-state index contributed by atoms with van der Waals surface area (Å²) in [6, 6.07) is 2.66. The minimum atomic E-state index is -0.597. The third-order valence-electron chi connectivity index (χ3n) is 4.07. The number of halogens is 2. The number of nitrogens with one attached hydrogen (secondary N) is 1. The predicted molar refractivity (Wildman–Crippen MR) is 110 cm³/mol. The molecule has 0 spiro atoms. The van der Waals surface area contributed by atoms with Crippen LogP contribution < -0.4 is 5.32 Å². The summed E-state index contributed by atoms with van der Waals surface area (Å²) in [5, 5.41) is 2.41. The topological polar surface area (TPSA) is 55.4 Å². The van der Waals surface area contributed by atoms with Crippen LogP contribution in [0, 0.1) is 11.7 Å². The molecule has 1 N–H and O–H groups in total. The Morgan fingerprint density at radius 3 is 2.37 bits per heavy atom. The number of anilines is 1. The molecule has 1 amide bonds. The van der Waals surface area contributed by atoms with E-state index in [-0.39, 0.29) is 34.6 Å². The summed E-state index contributed by atoms with van der Waals surface area (Å²) < 4.78 is 19.6. The normalized spacial score (nSPS) is 12.3. The minimum Gasteiger partial charge on any atom is -0.462 e. The lowest BCUT2D eigenvalue weighted by Gasteiger charge is -2.19. The molecule has 1 atom stereocenters. The number of esters is 1. The van der Waals surface area contributed by atoms with Crippen LogP contribution in [0.25, 0.3) is 0 Å². The van der Waals surface area contributed by atoms with Crippen LogP contribution >= 0.6 is 23.4 Å². The van der Waals surface area contributed by atoms with Crippen LogP contribution in [0.4, 0.5) is 10.1 Å². The van der Waals surface area contributed by atoms with E-state index >= 15 is 0 Å². The van der Waals surface area contributed by atoms with E-state index in [1.54, 1.807) is 13.8 Å². The molecule has 0 aliphatic heterocycles. The molecule has 0 bridgehead atoms. The Kier molecular flexibility index (Phi) is 10.2. The largest absolute Gasteiger partial charge is 0.462 e. The Bertz CT molecular complexity index is 650. The molecular formula is C20H29ClFNO3S. The number of carbonyl (C=O) groups is 2. The average Bonchev–Trinajstić information content (AvgIpc) is 2.58. The summed E-state index contributed by atoms with van der Waals surface area (Å²) in [6.07, 6.45) is 2.55. The van der Waals surface area contributed by atoms with Crippen molar-refractivity contribution in [1.82, 2.24) is 0 Å². The highest BCUT2D eigenvalue weighted by Crippen LogP contribution is 2.36. The van der Waals surface area contributed by atoms with E-state index in [0.29, 0.717) is 24.2 Å². The van der Waals surface area contributed by atoms with Gasteiger partial charge in [-0.25, -0.2) is 4.39 Å². The molecule has 4 nitrogen and oxygen atoms in total. The maximum atomic E-state index is 14.3. The smallest absolute Gasteiger partial charge is 0.319 e.